The van der Waals surface area contributed by atoms with Crippen molar-refractivity contribution in [1.82, 2.24) is 16.0 Å². The van der Waals surface area contributed by atoms with Gasteiger partial charge in [0.05, 0.1) is 13.2 Å². The molecule has 3 N–H and O–H groups in total. The molecule has 0 aliphatic carbocycles. The molecule has 1 atom stereocenters. The fraction of sp³-hybridized carbons (Fsp3) is 0.467. The fourth-order valence-corrected chi connectivity index (χ4v) is 2.05. The number of nitrogens with one attached hydrogen (secondary N) is 3. The number of ether oxygens (including phenoxy) is 1. The zero-order chi connectivity index (χ0) is 15.9. The summed E-state index contributed by atoms with van der Waals surface area (Å²) in [5.74, 6) is -0.938. The second-order valence-corrected chi connectivity index (χ2v) is 5.09. The molecular weight excluding hydrogens is 325 g/mol. The second kappa shape index (κ2) is 9.44. The van der Waals surface area contributed by atoms with E-state index in [2.05, 4.69) is 16.0 Å². The number of amides is 2. The Balaban J connectivity index is 0.00000264. The SMILES string of the molecule is Cc1ccc(C(=O)NCCNC(=O)C2COCCN2)cc1F.Cl. The molecule has 2 amide bonds. The molecule has 1 aliphatic heterocycles. The summed E-state index contributed by atoms with van der Waals surface area (Å²) in [6, 6.07) is 3.97. The molecule has 0 bridgehead atoms. The number of carbonyl (C=O) groups is 2. The van der Waals surface area contributed by atoms with E-state index >= 15 is 0 Å². The van der Waals surface area contributed by atoms with E-state index in [1.54, 1.807) is 19.1 Å². The predicted octanol–water partition coefficient (Wildman–Crippen LogP) is 0.390. The average molecular weight is 346 g/mol. The molecule has 1 unspecified atom stereocenters. The highest BCUT2D eigenvalue weighted by atomic mass is 35.5. The van der Waals surface area contributed by atoms with Crippen molar-refractivity contribution in [3.63, 3.8) is 0 Å². The van der Waals surface area contributed by atoms with Gasteiger partial charge in [-0.1, -0.05) is 6.07 Å². The molecule has 0 radical (unpaired) electrons. The molecule has 1 fully saturated rings. The Morgan fingerprint density at radius 3 is 2.74 bits per heavy atom. The van der Waals surface area contributed by atoms with Gasteiger partial charge in [-0.05, 0) is 24.6 Å². The number of hydrogen-bond donors (Lipinski definition) is 3. The van der Waals surface area contributed by atoms with Crippen molar-refractivity contribution in [2.45, 2.75) is 13.0 Å². The molecule has 1 aromatic carbocycles. The van der Waals surface area contributed by atoms with Crippen LogP contribution < -0.4 is 16.0 Å². The maximum absolute atomic E-state index is 13.4. The Bertz CT molecular complexity index is 551. The number of aryl methyl sites for hydroxylation is 1. The minimum Gasteiger partial charge on any atom is -0.378 e. The third kappa shape index (κ3) is 5.78. The van der Waals surface area contributed by atoms with Gasteiger partial charge < -0.3 is 20.7 Å². The van der Waals surface area contributed by atoms with Gasteiger partial charge in [-0.3, -0.25) is 9.59 Å². The van der Waals surface area contributed by atoms with Gasteiger partial charge >= 0.3 is 0 Å². The molecule has 0 aromatic heterocycles. The fourth-order valence-electron chi connectivity index (χ4n) is 2.05. The van der Waals surface area contributed by atoms with Crippen LogP contribution in [0.25, 0.3) is 0 Å². The van der Waals surface area contributed by atoms with Crippen LogP contribution in [0, 0.1) is 12.7 Å². The van der Waals surface area contributed by atoms with E-state index in [-0.39, 0.29) is 42.4 Å². The van der Waals surface area contributed by atoms with Gasteiger partial charge in [0, 0.05) is 25.2 Å². The molecule has 1 aromatic rings. The Morgan fingerprint density at radius 1 is 1.35 bits per heavy atom. The molecule has 128 valence electrons. The Kier molecular flexibility index (Phi) is 7.94. The second-order valence-electron chi connectivity index (χ2n) is 5.09. The monoisotopic (exact) mass is 345 g/mol. The van der Waals surface area contributed by atoms with E-state index in [1.807, 2.05) is 0 Å². The zero-order valence-electron chi connectivity index (χ0n) is 12.9. The first-order valence-electron chi connectivity index (χ1n) is 7.21. The molecule has 23 heavy (non-hydrogen) atoms. The summed E-state index contributed by atoms with van der Waals surface area (Å²) >= 11 is 0. The number of hydrogen-bond acceptors (Lipinski definition) is 4. The highest BCUT2D eigenvalue weighted by Gasteiger charge is 2.20. The van der Waals surface area contributed by atoms with Gasteiger partial charge in [0.2, 0.25) is 5.91 Å². The Labute approximate surface area is 140 Å². The first kappa shape index (κ1) is 19.3. The molecule has 1 heterocycles. The lowest BCUT2D eigenvalue weighted by molar-refractivity contribution is -0.125. The zero-order valence-corrected chi connectivity index (χ0v) is 13.7. The summed E-state index contributed by atoms with van der Waals surface area (Å²) in [5, 5.41) is 8.38. The van der Waals surface area contributed by atoms with Crippen molar-refractivity contribution in [3.8, 4) is 0 Å². The quantitative estimate of drug-likeness (QED) is 0.675. The standard InChI is InChI=1S/C15H20FN3O3.ClH/c1-10-2-3-11(8-12(10)16)14(20)18-4-5-19-15(21)13-9-22-7-6-17-13;/h2-3,8,13,17H,4-7,9H2,1H3,(H,18,20)(H,19,21);1H. The van der Waals surface area contributed by atoms with Gasteiger partial charge in [0.15, 0.2) is 0 Å². The lowest BCUT2D eigenvalue weighted by Crippen LogP contribution is -2.52. The first-order valence-corrected chi connectivity index (χ1v) is 7.21. The van der Waals surface area contributed by atoms with Crippen LogP contribution in [0.5, 0.6) is 0 Å². The molecular formula is C15H21ClFN3O3. The van der Waals surface area contributed by atoms with E-state index in [9.17, 15) is 14.0 Å². The summed E-state index contributed by atoms with van der Waals surface area (Å²) in [7, 11) is 0. The van der Waals surface area contributed by atoms with E-state index < -0.39 is 5.82 Å². The smallest absolute Gasteiger partial charge is 0.251 e. The normalized spacial score (nSPS) is 17.0. The number of morpholine rings is 1. The van der Waals surface area contributed by atoms with Crippen molar-refractivity contribution in [2.75, 3.05) is 32.8 Å². The summed E-state index contributed by atoms with van der Waals surface area (Å²) < 4.78 is 18.6. The van der Waals surface area contributed by atoms with Crippen molar-refractivity contribution in [2.24, 2.45) is 0 Å². The number of carbonyl (C=O) groups excluding carboxylic acids is 2. The molecule has 0 spiro atoms. The van der Waals surface area contributed by atoms with Crippen LogP contribution >= 0.6 is 12.4 Å². The first-order chi connectivity index (χ1) is 10.6. The average Bonchev–Trinajstić information content (AvgIpc) is 2.54. The van der Waals surface area contributed by atoms with E-state index in [1.165, 1.54) is 6.07 Å². The summed E-state index contributed by atoms with van der Waals surface area (Å²) in [6.07, 6.45) is 0. The summed E-state index contributed by atoms with van der Waals surface area (Å²) in [4.78, 5) is 23.6. The molecule has 0 saturated carbocycles. The number of benzene rings is 1. The maximum atomic E-state index is 13.4. The number of rotatable bonds is 5. The van der Waals surface area contributed by atoms with Crippen LogP contribution in [-0.4, -0.2) is 50.7 Å². The van der Waals surface area contributed by atoms with Gasteiger partial charge in [-0.25, -0.2) is 4.39 Å². The van der Waals surface area contributed by atoms with Crippen LogP contribution in [-0.2, 0) is 9.53 Å². The van der Waals surface area contributed by atoms with E-state index in [4.69, 9.17) is 4.74 Å². The molecule has 1 aliphatic rings. The van der Waals surface area contributed by atoms with Gasteiger partial charge in [0.25, 0.3) is 5.91 Å². The minimum absolute atomic E-state index is 0. The largest absolute Gasteiger partial charge is 0.378 e. The van der Waals surface area contributed by atoms with Crippen LogP contribution in [0.4, 0.5) is 4.39 Å². The lowest BCUT2D eigenvalue weighted by Gasteiger charge is -2.22. The van der Waals surface area contributed by atoms with E-state index in [0.717, 1.165) is 0 Å². The lowest BCUT2D eigenvalue weighted by atomic mass is 10.1. The predicted molar refractivity (Wildman–Crippen MR) is 86.3 cm³/mol. The maximum Gasteiger partial charge on any atom is 0.251 e. The van der Waals surface area contributed by atoms with Crippen LogP contribution in [0.1, 0.15) is 15.9 Å². The van der Waals surface area contributed by atoms with Crippen LogP contribution in [0.15, 0.2) is 18.2 Å². The molecule has 2 rings (SSSR count). The molecule has 1 saturated heterocycles. The van der Waals surface area contributed by atoms with Crippen molar-refractivity contribution >= 4 is 24.2 Å². The van der Waals surface area contributed by atoms with Gasteiger partial charge in [0.1, 0.15) is 11.9 Å². The van der Waals surface area contributed by atoms with Crippen molar-refractivity contribution < 1.29 is 18.7 Å². The summed E-state index contributed by atoms with van der Waals surface area (Å²) in [5.41, 5.74) is 0.753. The van der Waals surface area contributed by atoms with Gasteiger partial charge in [-0.2, -0.15) is 0 Å². The topological polar surface area (TPSA) is 79.5 Å². The van der Waals surface area contributed by atoms with Crippen molar-refractivity contribution in [3.05, 3.63) is 35.1 Å². The third-order valence-corrected chi connectivity index (χ3v) is 3.38. The van der Waals surface area contributed by atoms with Crippen LogP contribution in [0.2, 0.25) is 0 Å². The molecule has 8 heteroatoms. The van der Waals surface area contributed by atoms with Crippen LogP contribution in [0.3, 0.4) is 0 Å². The van der Waals surface area contributed by atoms with Gasteiger partial charge in [-0.15, -0.1) is 12.4 Å². The Hall–Kier alpha value is -1.70. The Morgan fingerprint density at radius 2 is 2.09 bits per heavy atom. The third-order valence-electron chi connectivity index (χ3n) is 3.38. The summed E-state index contributed by atoms with van der Waals surface area (Å²) in [6.45, 7) is 3.81. The highest BCUT2D eigenvalue weighted by Crippen LogP contribution is 2.08. The van der Waals surface area contributed by atoms with E-state index in [0.29, 0.717) is 31.9 Å². The molecule has 6 nitrogen and oxygen atoms in total. The van der Waals surface area contributed by atoms with Crippen molar-refractivity contribution in [1.29, 1.82) is 0 Å². The number of halogens is 2. The highest BCUT2D eigenvalue weighted by molar-refractivity contribution is 5.94. The minimum atomic E-state index is -0.413.